The Hall–Kier alpha value is -1.56. The lowest BCUT2D eigenvalue weighted by atomic mass is 10.2. The fraction of sp³-hybridized carbons (Fsp3) is 0.385. The standard InChI is InChI=1S/C13H16BrNO4/c1-15(12(16)7-13(17)19-3)8-9-6-10(14)4-5-11(9)18-2/h4-6H,7-8H2,1-3H3. The van der Waals surface area contributed by atoms with E-state index in [1.807, 2.05) is 18.2 Å². The predicted octanol–water partition coefficient (Wildman–Crippen LogP) is 1.98. The van der Waals surface area contributed by atoms with E-state index in [0.717, 1.165) is 10.0 Å². The lowest BCUT2D eigenvalue weighted by molar-refractivity contribution is -0.146. The lowest BCUT2D eigenvalue weighted by Crippen LogP contribution is -2.28. The molecule has 104 valence electrons. The second kappa shape index (κ2) is 7.13. The van der Waals surface area contributed by atoms with Gasteiger partial charge in [-0.25, -0.2) is 0 Å². The van der Waals surface area contributed by atoms with Gasteiger partial charge in [0.25, 0.3) is 0 Å². The number of ether oxygens (including phenoxy) is 2. The molecular weight excluding hydrogens is 314 g/mol. The molecule has 1 rings (SSSR count). The van der Waals surface area contributed by atoms with Crippen molar-refractivity contribution in [3.8, 4) is 5.75 Å². The van der Waals surface area contributed by atoms with Crippen LogP contribution in [-0.4, -0.2) is 38.0 Å². The molecule has 1 amide bonds. The monoisotopic (exact) mass is 329 g/mol. The molecule has 0 aliphatic carbocycles. The Bertz CT molecular complexity index is 476. The van der Waals surface area contributed by atoms with Gasteiger partial charge in [-0.1, -0.05) is 15.9 Å². The Labute approximate surface area is 120 Å². The number of hydrogen-bond donors (Lipinski definition) is 0. The van der Waals surface area contributed by atoms with Crippen molar-refractivity contribution >= 4 is 27.8 Å². The summed E-state index contributed by atoms with van der Waals surface area (Å²) < 4.78 is 10.6. The second-order valence-corrected chi connectivity index (χ2v) is 4.87. The summed E-state index contributed by atoms with van der Waals surface area (Å²) >= 11 is 3.37. The van der Waals surface area contributed by atoms with Gasteiger partial charge in [0.1, 0.15) is 12.2 Å². The van der Waals surface area contributed by atoms with Gasteiger partial charge in [0.05, 0.1) is 14.2 Å². The normalized spacial score (nSPS) is 9.89. The van der Waals surface area contributed by atoms with Crippen molar-refractivity contribution in [3.63, 3.8) is 0 Å². The maximum atomic E-state index is 11.8. The van der Waals surface area contributed by atoms with Crippen molar-refractivity contribution in [2.45, 2.75) is 13.0 Å². The molecule has 0 N–H and O–H groups in total. The molecule has 0 bridgehead atoms. The van der Waals surface area contributed by atoms with Crippen LogP contribution in [0.15, 0.2) is 22.7 Å². The zero-order valence-electron chi connectivity index (χ0n) is 11.1. The molecule has 0 spiro atoms. The molecule has 0 aliphatic rings. The first-order valence-electron chi connectivity index (χ1n) is 5.61. The molecule has 19 heavy (non-hydrogen) atoms. The van der Waals surface area contributed by atoms with Gasteiger partial charge in [-0.15, -0.1) is 0 Å². The SMILES string of the molecule is COC(=O)CC(=O)N(C)Cc1cc(Br)ccc1OC. The molecule has 0 saturated carbocycles. The van der Waals surface area contributed by atoms with E-state index in [4.69, 9.17) is 4.74 Å². The van der Waals surface area contributed by atoms with Crippen LogP contribution in [0, 0.1) is 0 Å². The lowest BCUT2D eigenvalue weighted by Gasteiger charge is -2.18. The van der Waals surface area contributed by atoms with E-state index in [-0.39, 0.29) is 12.3 Å². The van der Waals surface area contributed by atoms with E-state index >= 15 is 0 Å². The van der Waals surface area contributed by atoms with Crippen molar-refractivity contribution in [1.29, 1.82) is 0 Å². The minimum Gasteiger partial charge on any atom is -0.496 e. The maximum Gasteiger partial charge on any atom is 0.315 e. The zero-order valence-corrected chi connectivity index (χ0v) is 12.7. The van der Waals surface area contributed by atoms with Crippen LogP contribution in [0.1, 0.15) is 12.0 Å². The number of methoxy groups -OCH3 is 2. The highest BCUT2D eigenvalue weighted by molar-refractivity contribution is 9.10. The molecule has 1 aromatic carbocycles. The van der Waals surface area contributed by atoms with Crippen molar-refractivity contribution < 1.29 is 19.1 Å². The molecule has 1 aromatic rings. The number of rotatable bonds is 5. The van der Waals surface area contributed by atoms with Gasteiger partial charge in [0, 0.05) is 23.6 Å². The molecule has 6 heteroatoms. The predicted molar refractivity (Wildman–Crippen MR) is 73.8 cm³/mol. The van der Waals surface area contributed by atoms with Crippen LogP contribution < -0.4 is 4.74 Å². The van der Waals surface area contributed by atoms with Gasteiger partial charge in [-0.3, -0.25) is 9.59 Å². The number of carbonyl (C=O) groups excluding carboxylic acids is 2. The number of benzene rings is 1. The van der Waals surface area contributed by atoms with E-state index in [0.29, 0.717) is 12.3 Å². The summed E-state index contributed by atoms with van der Waals surface area (Å²) in [4.78, 5) is 24.3. The fourth-order valence-corrected chi connectivity index (χ4v) is 1.95. The topological polar surface area (TPSA) is 55.8 Å². The first-order chi connectivity index (χ1) is 8.97. The Morgan fingerprint density at radius 3 is 2.58 bits per heavy atom. The van der Waals surface area contributed by atoms with Gasteiger partial charge in [0.2, 0.25) is 5.91 Å². The maximum absolute atomic E-state index is 11.8. The van der Waals surface area contributed by atoms with Crippen molar-refractivity contribution in [3.05, 3.63) is 28.2 Å². The number of amides is 1. The number of hydrogen-bond acceptors (Lipinski definition) is 4. The van der Waals surface area contributed by atoms with Crippen LogP contribution in [0.2, 0.25) is 0 Å². The molecule has 0 aromatic heterocycles. The quantitative estimate of drug-likeness (QED) is 0.612. The zero-order chi connectivity index (χ0) is 14.4. The largest absolute Gasteiger partial charge is 0.496 e. The summed E-state index contributed by atoms with van der Waals surface area (Å²) in [6, 6.07) is 5.55. The minimum atomic E-state index is -0.543. The van der Waals surface area contributed by atoms with Crippen molar-refractivity contribution in [2.24, 2.45) is 0 Å². The number of halogens is 1. The highest BCUT2D eigenvalue weighted by Gasteiger charge is 2.16. The average Bonchev–Trinajstić information content (AvgIpc) is 2.38. The summed E-state index contributed by atoms with van der Waals surface area (Å²) in [5.41, 5.74) is 0.859. The summed E-state index contributed by atoms with van der Waals surface area (Å²) in [6.07, 6.45) is -0.261. The highest BCUT2D eigenvalue weighted by Crippen LogP contribution is 2.24. The van der Waals surface area contributed by atoms with Gasteiger partial charge in [0.15, 0.2) is 0 Å². The van der Waals surface area contributed by atoms with Crippen LogP contribution in [0.3, 0.4) is 0 Å². The number of nitrogens with zero attached hydrogens (tertiary/aromatic N) is 1. The van der Waals surface area contributed by atoms with Crippen LogP contribution >= 0.6 is 15.9 Å². The average molecular weight is 330 g/mol. The molecule has 0 fully saturated rings. The Morgan fingerprint density at radius 1 is 1.32 bits per heavy atom. The second-order valence-electron chi connectivity index (χ2n) is 3.96. The van der Waals surface area contributed by atoms with Crippen molar-refractivity contribution in [2.75, 3.05) is 21.3 Å². The molecule has 0 heterocycles. The summed E-state index contributed by atoms with van der Waals surface area (Å²) in [7, 11) is 4.46. The van der Waals surface area contributed by atoms with Gasteiger partial charge >= 0.3 is 5.97 Å². The third-order valence-corrected chi connectivity index (χ3v) is 3.09. The highest BCUT2D eigenvalue weighted by atomic mass is 79.9. The van der Waals surface area contributed by atoms with Crippen LogP contribution in [0.5, 0.6) is 5.75 Å². The smallest absolute Gasteiger partial charge is 0.315 e. The first-order valence-corrected chi connectivity index (χ1v) is 6.40. The van der Waals surface area contributed by atoms with Crippen LogP contribution in [-0.2, 0) is 20.9 Å². The first kappa shape index (κ1) is 15.5. The van der Waals surface area contributed by atoms with Gasteiger partial charge < -0.3 is 14.4 Å². The molecule has 0 saturated heterocycles. The molecule has 0 atom stereocenters. The van der Waals surface area contributed by atoms with Crippen molar-refractivity contribution in [1.82, 2.24) is 4.90 Å². The van der Waals surface area contributed by atoms with Crippen LogP contribution in [0.4, 0.5) is 0 Å². The fourth-order valence-electron chi connectivity index (χ4n) is 1.55. The third kappa shape index (κ3) is 4.55. The molecule has 0 aliphatic heterocycles. The molecule has 5 nitrogen and oxygen atoms in total. The van der Waals surface area contributed by atoms with E-state index in [9.17, 15) is 9.59 Å². The van der Waals surface area contributed by atoms with E-state index in [2.05, 4.69) is 20.7 Å². The minimum absolute atomic E-state index is 0.261. The van der Waals surface area contributed by atoms with Crippen LogP contribution in [0.25, 0.3) is 0 Å². The summed E-state index contributed by atoms with van der Waals surface area (Å²) in [5, 5.41) is 0. The molecular formula is C13H16BrNO4. The number of esters is 1. The Balaban J connectivity index is 2.76. The van der Waals surface area contributed by atoms with Gasteiger partial charge in [-0.2, -0.15) is 0 Å². The Kier molecular flexibility index (Phi) is 5.82. The van der Waals surface area contributed by atoms with E-state index < -0.39 is 5.97 Å². The van der Waals surface area contributed by atoms with Gasteiger partial charge in [-0.05, 0) is 18.2 Å². The Morgan fingerprint density at radius 2 is 2.00 bits per heavy atom. The summed E-state index contributed by atoms with van der Waals surface area (Å²) in [5.74, 6) is -0.146. The number of carbonyl (C=O) groups is 2. The molecule has 0 unspecified atom stereocenters. The molecule has 0 radical (unpaired) electrons. The van der Waals surface area contributed by atoms with E-state index in [1.54, 1.807) is 14.2 Å². The summed E-state index contributed by atoms with van der Waals surface area (Å²) in [6.45, 7) is 0.360. The van der Waals surface area contributed by atoms with E-state index in [1.165, 1.54) is 12.0 Å². The third-order valence-electron chi connectivity index (χ3n) is 2.60.